The summed E-state index contributed by atoms with van der Waals surface area (Å²) in [5, 5.41) is 0. The van der Waals surface area contributed by atoms with Crippen LogP contribution in [0.4, 0.5) is 0 Å². The van der Waals surface area contributed by atoms with Gasteiger partial charge in [-0.15, -0.1) is 11.3 Å². The van der Waals surface area contributed by atoms with Crippen molar-refractivity contribution in [2.45, 2.75) is 30.4 Å². The van der Waals surface area contributed by atoms with Crippen LogP contribution in [-0.2, 0) is 20.2 Å². The highest BCUT2D eigenvalue weighted by Gasteiger charge is 2.29. The molecule has 2 heterocycles. The van der Waals surface area contributed by atoms with Crippen molar-refractivity contribution in [3.05, 3.63) is 17.0 Å². The van der Waals surface area contributed by atoms with Gasteiger partial charge < -0.3 is 4.74 Å². The fraction of sp³-hybridized carbons (Fsp3) is 0.667. The molecule has 18 heavy (non-hydrogen) atoms. The molecular weight excluding hydrogens is 270 g/mol. The Labute approximate surface area is 113 Å². The number of morpholine rings is 1. The van der Waals surface area contributed by atoms with E-state index in [2.05, 4.69) is 20.8 Å². The molecule has 0 spiro atoms. The summed E-state index contributed by atoms with van der Waals surface area (Å²) in [5.74, 6) is 0. The van der Waals surface area contributed by atoms with Crippen LogP contribution < -0.4 is 0 Å². The highest BCUT2D eigenvalue weighted by molar-refractivity contribution is 7.91. The van der Waals surface area contributed by atoms with E-state index in [1.807, 2.05) is 6.07 Å². The maximum absolute atomic E-state index is 12.4. The monoisotopic (exact) mass is 289 g/mol. The van der Waals surface area contributed by atoms with E-state index >= 15 is 0 Å². The lowest BCUT2D eigenvalue weighted by Gasteiger charge is -2.25. The van der Waals surface area contributed by atoms with Crippen LogP contribution in [-0.4, -0.2) is 39.0 Å². The molecule has 0 aliphatic carbocycles. The quantitative estimate of drug-likeness (QED) is 0.837. The molecule has 1 saturated heterocycles. The van der Waals surface area contributed by atoms with Crippen LogP contribution in [0.3, 0.4) is 0 Å². The van der Waals surface area contributed by atoms with Gasteiger partial charge in [-0.05, 0) is 17.5 Å². The lowest BCUT2D eigenvalue weighted by molar-refractivity contribution is 0.0731. The molecule has 0 bridgehead atoms. The average Bonchev–Trinajstić information content (AvgIpc) is 2.79. The third-order valence-corrected chi connectivity index (χ3v) is 6.76. The molecule has 1 aliphatic rings. The minimum Gasteiger partial charge on any atom is -0.379 e. The first-order valence-electron chi connectivity index (χ1n) is 6.00. The van der Waals surface area contributed by atoms with E-state index in [-0.39, 0.29) is 5.41 Å². The molecule has 2 rings (SSSR count). The van der Waals surface area contributed by atoms with E-state index in [4.69, 9.17) is 4.74 Å². The predicted octanol–water partition coefficient (Wildman–Crippen LogP) is 2.07. The molecule has 0 atom stereocenters. The van der Waals surface area contributed by atoms with E-state index in [1.165, 1.54) is 15.6 Å². The van der Waals surface area contributed by atoms with E-state index < -0.39 is 10.0 Å². The molecule has 6 heteroatoms. The number of hydrogen-bond donors (Lipinski definition) is 0. The lowest BCUT2D eigenvalue weighted by atomic mass is 9.95. The molecular formula is C12H19NO3S2. The van der Waals surface area contributed by atoms with Crippen molar-refractivity contribution >= 4 is 21.4 Å². The van der Waals surface area contributed by atoms with Gasteiger partial charge in [0.05, 0.1) is 13.2 Å². The zero-order valence-electron chi connectivity index (χ0n) is 11.0. The molecule has 0 radical (unpaired) electrons. The minimum atomic E-state index is -3.33. The molecule has 1 aromatic heterocycles. The zero-order valence-corrected chi connectivity index (χ0v) is 12.6. The molecule has 1 aromatic rings. The summed E-state index contributed by atoms with van der Waals surface area (Å²) in [7, 11) is -3.33. The molecule has 0 unspecified atom stereocenters. The number of nitrogens with zero attached hydrogens (tertiary/aromatic N) is 1. The Balaban J connectivity index is 2.27. The Morgan fingerprint density at radius 1 is 1.22 bits per heavy atom. The molecule has 0 saturated carbocycles. The normalized spacial score (nSPS) is 19.1. The number of hydrogen-bond acceptors (Lipinski definition) is 4. The van der Waals surface area contributed by atoms with Crippen molar-refractivity contribution in [3.8, 4) is 0 Å². The van der Waals surface area contributed by atoms with Crippen LogP contribution in [0, 0.1) is 0 Å². The molecule has 102 valence electrons. The molecule has 4 nitrogen and oxygen atoms in total. The van der Waals surface area contributed by atoms with Crippen LogP contribution >= 0.6 is 11.3 Å². The van der Waals surface area contributed by atoms with Gasteiger partial charge in [0.2, 0.25) is 0 Å². The smallest absolute Gasteiger partial charge is 0.252 e. The highest BCUT2D eigenvalue weighted by Crippen LogP contribution is 2.33. The van der Waals surface area contributed by atoms with E-state index in [9.17, 15) is 8.42 Å². The highest BCUT2D eigenvalue weighted by atomic mass is 32.2. The van der Waals surface area contributed by atoms with Gasteiger partial charge in [-0.3, -0.25) is 0 Å². The largest absolute Gasteiger partial charge is 0.379 e. The molecule has 0 aromatic carbocycles. The number of ether oxygens (including phenoxy) is 1. The summed E-state index contributed by atoms with van der Waals surface area (Å²) in [4.78, 5) is 1.09. The van der Waals surface area contributed by atoms with Crippen molar-refractivity contribution in [2.75, 3.05) is 26.3 Å². The second-order valence-corrected chi connectivity index (χ2v) is 8.63. The number of rotatable bonds is 2. The van der Waals surface area contributed by atoms with Crippen molar-refractivity contribution in [2.24, 2.45) is 0 Å². The Hall–Kier alpha value is -0.430. The number of thiophene rings is 1. The molecule has 0 amide bonds. The van der Waals surface area contributed by atoms with Crippen LogP contribution in [0.25, 0.3) is 0 Å². The van der Waals surface area contributed by atoms with Crippen molar-refractivity contribution in [3.63, 3.8) is 0 Å². The van der Waals surface area contributed by atoms with Crippen molar-refractivity contribution in [1.29, 1.82) is 0 Å². The first kappa shape index (κ1) is 14.0. The standard InChI is InChI=1S/C12H19NO3S2/c1-12(2,3)10-4-5-11(17-10)18(14,15)13-6-8-16-9-7-13/h4-5H,6-9H2,1-3H3. The summed E-state index contributed by atoms with van der Waals surface area (Å²) in [6.45, 7) is 8.13. The second-order valence-electron chi connectivity index (χ2n) is 5.39. The van der Waals surface area contributed by atoms with Gasteiger partial charge in [0.25, 0.3) is 10.0 Å². The zero-order chi connectivity index (χ0) is 13.4. The summed E-state index contributed by atoms with van der Waals surface area (Å²) in [6.07, 6.45) is 0. The van der Waals surface area contributed by atoms with Gasteiger partial charge in [0.1, 0.15) is 4.21 Å². The van der Waals surface area contributed by atoms with Crippen LogP contribution in [0.1, 0.15) is 25.6 Å². The molecule has 0 N–H and O–H groups in total. The van der Waals surface area contributed by atoms with E-state index in [0.717, 1.165) is 4.88 Å². The number of sulfonamides is 1. The third-order valence-electron chi connectivity index (χ3n) is 2.88. The van der Waals surface area contributed by atoms with Gasteiger partial charge in [-0.25, -0.2) is 8.42 Å². The van der Waals surface area contributed by atoms with Crippen molar-refractivity contribution in [1.82, 2.24) is 4.31 Å². The maximum atomic E-state index is 12.4. The summed E-state index contributed by atoms with van der Waals surface area (Å²) >= 11 is 1.37. The lowest BCUT2D eigenvalue weighted by Crippen LogP contribution is -2.40. The second kappa shape index (κ2) is 4.92. The van der Waals surface area contributed by atoms with Gasteiger partial charge in [-0.2, -0.15) is 4.31 Å². The topological polar surface area (TPSA) is 46.6 Å². The Morgan fingerprint density at radius 3 is 2.33 bits per heavy atom. The van der Waals surface area contributed by atoms with E-state index in [0.29, 0.717) is 30.5 Å². The Morgan fingerprint density at radius 2 is 1.83 bits per heavy atom. The predicted molar refractivity (Wildman–Crippen MR) is 72.6 cm³/mol. The molecule has 1 fully saturated rings. The van der Waals surface area contributed by atoms with Crippen LogP contribution in [0.2, 0.25) is 0 Å². The van der Waals surface area contributed by atoms with Gasteiger partial charge in [0.15, 0.2) is 0 Å². The average molecular weight is 289 g/mol. The van der Waals surface area contributed by atoms with Crippen LogP contribution in [0.15, 0.2) is 16.3 Å². The fourth-order valence-electron chi connectivity index (χ4n) is 1.78. The first-order chi connectivity index (χ1) is 8.32. The summed E-state index contributed by atoms with van der Waals surface area (Å²) in [6, 6.07) is 3.63. The van der Waals surface area contributed by atoms with Crippen molar-refractivity contribution < 1.29 is 13.2 Å². The van der Waals surface area contributed by atoms with Gasteiger partial charge in [-0.1, -0.05) is 20.8 Å². The fourth-order valence-corrected chi connectivity index (χ4v) is 4.70. The summed E-state index contributed by atoms with van der Waals surface area (Å²) in [5.41, 5.74) is -0.0105. The summed E-state index contributed by atoms with van der Waals surface area (Å²) < 4.78 is 32.0. The SMILES string of the molecule is CC(C)(C)c1ccc(S(=O)(=O)N2CCOCC2)s1. The first-order valence-corrected chi connectivity index (χ1v) is 8.26. The van der Waals surface area contributed by atoms with Gasteiger partial charge >= 0.3 is 0 Å². The van der Waals surface area contributed by atoms with Crippen LogP contribution in [0.5, 0.6) is 0 Å². The van der Waals surface area contributed by atoms with E-state index in [1.54, 1.807) is 6.07 Å². The Bertz CT molecular complexity index is 508. The minimum absolute atomic E-state index is 0.0105. The Kier molecular flexibility index (Phi) is 3.82. The maximum Gasteiger partial charge on any atom is 0.252 e. The van der Waals surface area contributed by atoms with Gasteiger partial charge in [0, 0.05) is 18.0 Å². The third kappa shape index (κ3) is 2.77. The molecule has 1 aliphatic heterocycles.